The number of nitrogens with zero attached hydrogens (tertiary/aromatic N) is 2. The highest BCUT2D eigenvalue weighted by Crippen LogP contribution is 2.14. The van der Waals surface area contributed by atoms with E-state index < -0.39 is 5.97 Å². The van der Waals surface area contributed by atoms with Crippen LogP contribution in [0.2, 0.25) is 0 Å². The molecular weight excluding hydrogens is 172 g/mol. The van der Waals surface area contributed by atoms with Crippen LogP contribution in [0.15, 0.2) is 18.9 Å². The van der Waals surface area contributed by atoms with Crippen molar-refractivity contribution < 1.29 is 14.6 Å². The number of aromatic nitrogens is 2. The lowest BCUT2D eigenvalue weighted by Crippen LogP contribution is -1.97. The standard InChI is InChI=1S/C8H10N2O3/c1-3-4-10-5-6(8(11)12)7(9-10)13-2/h3,5H,1,4H2,2H3,(H,11,12). The molecule has 1 aromatic heterocycles. The van der Waals surface area contributed by atoms with Gasteiger partial charge in [0.1, 0.15) is 5.56 Å². The van der Waals surface area contributed by atoms with Gasteiger partial charge in [0.05, 0.1) is 13.7 Å². The summed E-state index contributed by atoms with van der Waals surface area (Å²) in [6, 6.07) is 0. The van der Waals surface area contributed by atoms with Crippen LogP contribution in [0.25, 0.3) is 0 Å². The molecule has 0 fully saturated rings. The molecule has 13 heavy (non-hydrogen) atoms. The van der Waals surface area contributed by atoms with E-state index >= 15 is 0 Å². The third-order valence-corrected chi connectivity index (χ3v) is 1.47. The summed E-state index contributed by atoms with van der Waals surface area (Å²) in [5, 5.41) is 12.6. The summed E-state index contributed by atoms with van der Waals surface area (Å²) in [6.07, 6.45) is 3.03. The van der Waals surface area contributed by atoms with E-state index in [0.29, 0.717) is 6.54 Å². The van der Waals surface area contributed by atoms with Gasteiger partial charge in [-0.1, -0.05) is 6.08 Å². The minimum absolute atomic E-state index is 0.0596. The largest absolute Gasteiger partial charge is 0.479 e. The van der Waals surface area contributed by atoms with E-state index in [4.69, 9.17) is 9.84 Å². The first-order valence-corrected chi connectivity index (χ1v) is 3.64. The molecule has 5 heteroatoms. The average Bonchev–Trinajstić information content (AvgIpc) is 2.48. The molecule has 0 bridgehead atoms. The number of rotatable bonds is 4. The molecule has 0 aliphatic rings. The van der Waals surface area contributed by atoms with Gasteiger partial charge in [-0.15, -0.1) is 11.7 Å². The lowest BCUT2D eigenvalue weighted by molar-refractivity contribution is 0.0693. The molecule has 0 aliphatic heterocycles. The molecule has 70 valence electrons. The first kappa shape index (κ1) is 9.31. The summed E-state index contributed by atoms with van der Waals surface area (Å²) in [5.74, 6) is -0.929. The highest BCUT2D eigenvalue weighted by molar-refractivity contribution is 5.89. The Morgan fingerprint density at radius 1 is 1.92 bits per heavy atom. The van der Waals surface area contributed by atoms with Crippen molar-refractivity contribution in [1.29, 1.82) is 0 Å². The van der Waals surface area contributed by atoms with Crippen LogP contribution in [0.4, 0.5) is 0 Å². The van der Waals surface area contributed by atoms with Gasteiger partial charge in [-0.2, -0.15) is 0 Å². The van der Waals surface area contributed by atoms with Crippen LogP contribution in [-0.2, 0) is 6.54 Å². The van der Waals surface area contributed by atoms with E-state index in [1.807, 2.05) is 0 Å². The van der Waals surface area contributed by atoms with Crippen molar-refractivity contribution in [2.75, 3.05) is 7.11 Å². The molecule has 0 aromatic carbocycles. The van der Waals surface area contributed by atoms with Gasteiger partial charge < -0.3 is 9.84 Å². The fraction of sp³-hybridized carbons (Fsp3) is 0.250. The van der Waals surface area contributed by atoms with Crippen LogP contribution < -0.4 is 4.74 Å². The molecule has 5 nitrogen and oxygen atoms in total. The van der Waals surface area contributed by atoms with Crippen molar-refractivity contribution in [2.45, 2.75) is 6.54 Å². The SMILES string of the molecule is C=CCn1cc(C(=O)O)c(OC)n1. The predicted octanol–water partition coefficient (Wildman–Crippen LogP) is 0.776. The normalized spacial score (nSPS) is 9.62. The molecule has 0 saturated heterocycles. The monoisotopic (exact) mass is 182 g/mol. The molecule has 1 rings (SSSR count). The van der Waals surface area contributed by atoms with Crippen LogP contribution in [0.5, 0.6) is 5.88 Å². The molecule has 1 heterocycles. The summed E-state index contributed by atoms with van der Waals surface area (Å²) in [7, 11) is 1.38. The number of allylic oxidation sites excluding steroid dienone is 1. The topological polar surface area (TPSA) is 64.4 Å². The van der Waals surface area contributed by atoms with Crippen LogP contribution in [0.3, 0.4) is 0 Å². The quantitative estimate of drug-likeness (QED) is 0.699. The van der Waals surface area contributed by atoms with Crippen molar-refractivity contribution in [3.8, 4) is 5.88 Å². The maximum Gasteiger partial charge on any atom is 0.342 e. The third kappa shape index (κ3) is 1.87. The van der Waals surface area contributed by atoms with E-state index in [0.717, 1.165) is 0 Å². The van der Waals surface area contributed by atoms with E-state index in [-0.39, 0.29) is 11.4 Å². The Balaban J connectivity index is 3.03. The van der Waals surface area contributed by atoms with Crippen LogP contribution >= 0.6 is 0 Å². The highest BCUT2D eigenvalue weighted by Gasteiger charge is 2.15. The zero-order valence-electron chi connectivity index (χ0n) is 7.23. The smallest absolute Gasteiger partial charge is 0.342 e. The van der Waals surface area contributed by atoms with Crippen molar-refractivity contribution in [3.63, 3.8) is 0 Å². The lowest BCUT2D eigenvalue weighted by atomic mass is 10.3. The molecule has 0 amide bonds. The van der Waals surface area contributed by atoms with Gasteiger partial charge in [-0.3, -0.25) is 4.68 Å². The molecule has 0 saturated carbocycles. The maximum absolute atomic E-state index is 10.6. The van der Waals surface area contributed by atoms with Gasteiger partial charge in [0, 0.05) is 6.20 Å². The van der Waals surface area contributed by atoms with Gasteiger partial charge in [0.25, 0.3) is 0 Å². The number of methoxy groups -OCH3 is 1. The number of aromatic carboxylic acids is 1. The van der Waals surface area contributed by atoms with Gasteiger partial charge in [0.2, 0.25) is 5.88 Å². The van der Waals surface area contributed by atoms with E-state index in [9.17, 15) is 4.79 Å². The highest BCUT2D eigenvalue weighted by atomic mass is 16.5. The molecule has 0 aliphatic carbocycles. The molecule has 0 unspecified atom stereocenters. The zero-order valence-corrected chi connectivity index (χ0v) is 7.23. The maximum atomic E-state index is 10.6. The Hall–Kier alpha value is -1.78. The minimum atomic E-state index is -1.05. The second-order valence-electron chi connectivity index (χ2n) is 2.37. The minimum Gasteiger partial charge on any atom is -0.479 e. The zero-order chi connectivity index (χ0) is 9.84. The summed E-state index contributed by atoms with van der Waals surface area (Å²) < 4.78 is 6.24. The Bertz CT molecular complexity index is 330. The molecular formula is C8H10N2O3. The van der Waals surface area contributed by atoms with E-state index in [1.165, 1.54) is 18.0 Å². The Morgan fingerprint density at radius 3 is 3.00 bits per heavy atom. The number of hydrogen-bond acceptors (Lipinski definition) is 3. The van der Waals surface area contributed by atoms with Gasteiger partial charge in [-0.05, 0) is 0 Å². The number of carbonyl (C=O) groups is 1. The Morgan fingerprint density at radius 2 is 2.62 bits per heavy atom. The van der Waals surface area contributed by atoms with Crippen molar-refractivity contribution >= 4 is 5.97 Å². The predicted molar refractivity (Wildman–Crippen MR) is 45.9 cm³/mol. The summed E-state index contributed by atoms with van der Waals surface area (Å²) in [6.45, 7) is 3.98. The molecule has 0 spiro atoms. The molecule has 0 radical (unpaired) electrons. The van der Waals surface area contributed by atoms with Crippen molar-refractivity contribution in [3.05, 3.63) is 24.4 Å². The summed E-state index contributed by atoms with van der Waals surface area (Å²) in [4.78, 5) is 10.6. The third-order valence-electron chi connectivity index (χ3n) is 1.47. The van der Waals surface area contributed by atoms with Gasteiger partial charge in [-0.25, -0.2) is 4.79 Å². The van der Waals surface area contributed by atoms with Crippen LogP contribution in [-0.4, -0.2) is 28.0 Å². The molecule has 1 N–H and O–H groups in total. The first-order valence-electron chi connectivity index (χ1n) is 3.64. The average molecular weight is 182 g/mol. The van der Waals surface area contributed by atoms with Gasteiger partial charge >= 0.3 is 5.97 Å². The summed E-state index contributed by atoms with van der Waals surface area (Å²) >= 11 is 0. The summed E-state index contributed by atoms with van der Waals surface area (Å²) in [5.41, 5.74) is 0.0596. The van der Waals surface area contributed by atoms with Crippen molar-refractivity contribution in [1.82, 2.24) is 9.78 Å². The lowest BCUT2D eigenvalue weighted by Gasteiger charge is -1.93. The van der Waals surface area contributed by atoms with Crippen LogP contribution in [0, 0.1) is 0 Å². The number of hydrogen-bond donors (Lipinski definition) is 1. The van der Waals surface area contributed by atoms with E-state index in [1.54, 1.807) is 6.08 Å². The fourth-order valence-electron chi connectivity index (χ4n) is 0.927. The Labute approximate surface area is 75.2 Å². The number of ether oxygens (including phenoxy) is 1. The number of carboxylic acid groups (broad SMARTS) is 1. The van der Waals surface area contributed by atoms with Crippen molar-refractivity contribution in [2.24, 2.45) is 0 Å². The van der Waals surface area contributed by atoms with Gasteiger partial charge in [0.15, 0.2) is 0 Å². The number of carboxylic acids is 1. The molecule has 1 aromatic rings. The Kier molecular flexibility index (Phi) is 2.69. The van der Waals surface area contributed by atoms with E-state index in [2.05, 4.69) is 11.7 Å². The molecule has 0 atom stereocenters. The second-order valence-corrected chi connectivity index (χ2v) is 2.37. The van der Waals surface area contributed by atoms with Crippen LogP contribution in [0.1, 0.15) is 10.4 Å². The second kappa shape index (κ2) is 3.75. The fourth-order valence-corrected chi connectivity index (χ4v) is 0.927. The first-order chi connectivity index (χ1) is 6.19.